The van der Waals surface area contributed by atoms with Gasteiger partial charge in [0, 0.05) is 6.54 Å². The molecule has 1 aromatic rings. The molecular formula is C16H21NO4. The summed E-state index contributed by atoms with van der Waals surface area (Å²) in [5.74, 6) is 0.319. The van der Waals surface area contributed by atoms with Crippen molar-refractivity contribution in [2.24, 2.45) is 5.92 Å². The third-order valence-corrected chi connectivity index (χ3v) is 3.54. The monoisotopic (exact) mass is 291 g/mol. The lowest BCUT2D eigenvalue weighted by Gasteiger charge is -2.36. The number of ether oxygens (including phenoxy) is 2. The molecule has 1 atom stereocenters. The Balaban J connectivity index is 2.32. The van der Waals surface area contributed by atoms with E-state index in [-0.39, 0.29) is 24.2 Å². The molecule has 1 aromatic carbocycles. The van der Waals surface area contributed by atoms with Gasteiger partial charge >= 0.3 is 5.97 Å². The molecule has 5 nitrogen and oxygen atoms in total. The summed E-state index contributed by atoms with van der Waals surface area (Å²) in [4.78, 5) is 25.5. The van der Waals surface area contributed by atoms with Gasteiger partial charge in [0.05, 0.1) is 19.2 Å². The van der Waals surface area contributed by atoms with Crippen LogP contribution in [0.4, 0.5) is 5.69 Å². The molecule has 2 rings (SSSR count). The number of anilines is 1. The summed E-state index contributed by atoms with van der Waals surface area (Å²) in [7, 11) is 1.34. The van der Waals surface area contributed by atoms with Gasteiger partial charge in [-0.3, -0.25) is 9.59 Å². The van der Waals surface area contributed by atoms with Gasteiger partial charge < -0.3 is 14.4 Å². The first-order chi connectivity index (χ1) is 9.93. The van der Waals surface area contributed by atoms with Crippen molar-refractivity contribution in [2.45, 2.75) is 33.3 Å². The zero-order chi connectivity index (χ0) is 15.6. The fraction of sp³-hybridized carbons (Fsp3) is 0.500. The number of methoxy groups -OCH3 is 1. The Labute approximate surface area is 124 Å². The molecule has 1 aliphatic heterocycles. The number of nitrogens with zero attached hydrogens (tertiary/aromatic N) is 1. The molecular weight excluding hydrogens is 270 g/mol. The second-order valence-electron chi connectivity index (χ2n) is 5.57. The molecule has 1 aliphatic rings. The Morgan fingerprint density at radius 3 is 2.76 bits per heavy atom. The molecule has 114 valence electrons. The third kappa shape index (κ3) is 3.17. The minimum atomic E-state index is -0.517. The molecule has 1 amide bonds. The maximum Gasteiger partial charge on any atom is 0.307 e. The van der Waals surface area contributed by atoms with Crippen LogP contribution in [0.15, 0.2) is 18.2 Å². The standard InChI is InChI=1S/C16H21NO4/c1-10(2)15-16(19)17(8-7-14(18)20-4)12-6-5-11(3)9-13(12)21-15/h5-6,9-10,15H,7-8H2,1-4H3. The maximum atomic E-state index is 12.6. The summed E-state index contributed by atoms with van der Waals surface area (Å²) < 4.78 is 10.5. The van der Waals surface area contributed by atoms with Crippen molar-refractivity contribution in [3.05, 3.63) is 23.8 Å². The minimum absolute atomic E-state index is 0.0618. The summed E-state index contributed by atoms with van der Waals surface area (Å²) in [6, 6.07) is 5.70. The average molecular weight is 291 g/mol. The molecule has 0 fully saturated rings. The highest BCUT2D eigenvalue weighted by Gasteiger charge is 2.36. The summed E-state index contributed by atoms with van der Waals surface area (Å²) in [6.45, 7) is 6.17. The number of carbonyl (C=O) groups excluding carboxylic acids is 2. The van der Waals surface area contributed by atoms with E-state index in [2.05, 4.69) is 4.74 Å². The van der Waals surface area contributed by atoms with Crippen molar-refractivity contribution in [2.75, 3.05) is 18.6 Å². The lowest BCUT2D eigenvalue weighted by atomic mass is 10.0. The number of benzene rings is 1. The predicted molar refractivity (Wildman–Crippen MR) is 79.4 cm³/mol. The number of rotatable bonds is 4. The Kier molecular flexibility index (Phi) is 4.50. The van der Waals surface area contributed by atoms with Crippen molar-refractivity contribution >= 4 is 17.6 Å². The van der Waals surface area contributed by atoms with Crippen LogP contribution >= 0.6 is 0 Å². The molecule has 0 aromatic heterocycles. The fourth-order valence-electron chi connectivity index (χ4n) is 2.36. The zero-order valence-electron chi connectivity index (χ0n) is 12.9. The van der Waals surface area contributed by atoms with Gasteiger partial charge in [0.15, 0.2) is 6.10 Å². The molecule has 5 heteroatoms. The van der Waals surface area contributed by atoms with Crippen LogP contribution in [-0.4, -0.2) is 31.6 Å². The van der Waals surface area contributed by atoms with Crippen LogP contribution in [0.1, 0.15) is 25.8 Å². The summed E-state index contributed by atoms with van der Waals surface area (Å²) in [5.41, 5.74) is 1.78. The van der Waals surface area contributed by atoms with E-state index in [0.717, 1.165) is 5.56 Å². The normalized spacial score (nSPS) is 17.5. The van der Waals surface area contributed by atoms with E-state index in [1.807, 2.05) is 39.0 Å². The highest BCUT2D eigenvalue weighted by Crippen LogP contribution is 2.36. The molecule has 1 heterocycles. The van der Waals surface area contributed by atoms with Gasteiger partial charge in [0.1, 0.15) is 5.75 Å². The minimum Gasteiger partial charge on any atom is -0.478 e. The maximum absolute atomic E-state index is 12.6. The first kappa shape index (κ1) is 15.4. The van der Waals surface area contributed by atoms with Crippen molar-refractivity contribution in [1.29, 1.82) is 0 Å². The number of aryl methyl sites for hydroxylation is 1. The number of carbonyl (C=O) groups is 2. The number of fused-ring (bicyclic) bond motifs is 1. The number of amides is 1. The second kappa shape index (κ2) is 6.16. The van der Waals surface area contributed by atoms with E-state index >= 15 is 0 Å². The Morgan fingerprint density at radius 1 is 1.43 bits per heavy atom. The number of hydrogen-bond acceptors (Lipinski definition) is 4. The van der Waals surface area contributed by atoms with Gasteiger partial charge in [-0.05, 0) is 30.5 Å². The molecule has 0 aliphatic carbocycles. The first-order valence-corrected chi connectivity index (χ1v) is 7.09. The van der Waals surface area contributed by atoms with Gasteiger partial charge in [0.2, 0.25) is 0 Å². The van der Waals surface area contributed by atoms with Crippen LogP contribution in [0.2, 0.25) is 0 Å². The van der Waals surface area contributed by atoms with Crippen molar-refractivity contribution < 1.29 is 19.1 Å². The number of esters is 1. The second-order valence-corrected chi connectivity index (χ2v) is 5.57. The quantitative estimate of drug-likeness (QED) is 0.799. The summed E-state index contributed by atoms with van der Waals surface area (Å²) in [5, 5.41) is 0. The first-order valence-electron chi connectivity index (χ1n) is 7.09. The highest BCUT2D eigenvalue weighted by atomic mass is 16.5. The van der Waals surface area contributed by atoms with Crippen molar-refractivity contribution in [1.82, 2.24) is 0 Å². The van der Waals surface area contributed by atoms with Gasteiger partial charge in [-0.25, -0.2) is 0 Å². The highest BCUT2D eigenvalue weighted by molar-refractivity contribution is 6.00. The van der Waals surface area contributed by atoms with Crippen LogP contribution in [-0.2, 0) is 14.3 Å². The Bertz CT molecular complexity index is 553. The summed E-state index contributed by atoms with van der Waals surface area (Å²) in [6.07, 6.45) is -0.350. The van der Waals surface area contributed by atoms with Crippen LogP contribution in [0, 0.1) is 12.8 Å². The van der Waals surface area contributed by atoms with E-state index in [4.69, 9.17) is 4.74 Å². The lowest BCUT2D eigenvalue weighted by molar-refractivity contribution is -0.140. The van der Waals surface area contributed by atoms with Gasteiger partial charge in [-0.2, -0.15) is 0 Å². The molecule has 1 unspecified atom stereocenters. The molecule has 0 N–H and O–H groups in total. The van der Waals surface area contributed by atoms with E-state index in [0.29, 0.717) is 18.0 Å². The van der Waals surface area contributed by atoms with Gasteiger partial charge in [0.25, 0.3) is 5.91 Å². The molecule has 21 heavy (non-hydrogen) atoms. The molecule has 0 bridgehead atoms. The van der Waals surface area contributed by atoms with Crippen molar-refractivity contribution in [3.63, 3.8) is 0 Å². The topological polar surface area (TPSA) is 55.8 Å². The van der Waals surface area contributed by atoms with Crippen LogP contribution < -0.4 is 9.64 Å². The van der Waals surface area contributed by atoms with E-state index in [9.17, 15) is 9.59 Å². The largest absolute Gasteiger partial charge is 0.478 e. The Hall–Kier alpha value is -2.04. The van der Waals surface area contributed by atoms with Gasteiger partial charge in [-0.15, -0.1) is 0 Å². The average Bonchev–Trinajstić information content (AvgIpc) is 2.45. The fourth-order valence-corrected chi connectivity index (χ4v) is 2.36. The van der Waals surface area contributed by atoms with Crippen LogP contribution in [0.25, 0.3) is 0 Å². The predicted octanol–water partition coefficient (Wildman–Crippen LogP) is 2.31. The molecule has 0 saturated carbocycles. The Morgan fingerprint density at radius 2 is 2.14 bits per heavy atom. The van der Waals surface area contributed by atoms with Crippen LogP contribution in [0.5, 0.6) is 5.75 Å². The summed E-state index contributed by atoms with van der Waals surface area (Å²) >= 11 is 0. The smallest absolute Gasteiger partial charge is 0.307 e. The third-order valence-electron chi connectivity index (χ3n) is 3.54. The number of hydrogen-bond donors (Lipinski definition) is 0. The van der Waals surface area contributed by atoms with E-state index < -0.39 is 6.10 Å². The zero-order valence-corrected chi connectivity index (χ0v) is 12.9. The molecule has 0 saturated heterocycles. The van der Waals surface area contributed by atoms with E-state index in [1.165, 1.54) is 7.11 Å². The SMILES string of the molecule is COC(=O)CCN1C(=O)C(C(C)C)Oc2cc(C)ccc21. The van der Waals surface area contributed by atoms with E-state index in [1.54, 1.807) is 4.90 Å². The lowest BCUT2D eigenvalue weighted by Crippen LogP contribution is -2.49. The van der Waals surface area contributed by atoms with Crippen LogP contribution in [0.3, 0.4) is 0 Å². The van der Waals surface area contributed by atoms with Crippen molar-refractivity contribution in [3.8, 4) is 5.75 Å². The molecule has 0 radical (unpaired) electrons. The molecule has 0 spiro atoms. The van der Waals surface area contributed by atoms with Gasteiger partial charge in [-0.1, -0.05) is 19.9 Å².